The minimum absolute atomic E-state index is 0.348. The van der Waals surface area contributed by atoms with Crippen LogP contribution in [0.15, 0.2) is 4.99 Å². The van der Waals surface area contributed by atoms with E-state index >= 15 is 0 Å². The average molecular weight is 228 g/mol. The SMILES string of the molecule is CCC1CSC(=NC2CCCC2OC)N1. The molecular formula is C11H20N2OS. The standard InChI is InChI=1S/C11H20N2OS/c1-3-8-7-15-11(12-8)13-9-5-4-6-10(9)14-2/h8-10H,3-7H2,1-2H3,(H,12,13). The normalized spacial score (nSPS) is 38.5. The first kappa shape index (κ1) is 11.3. The first-order valence-electron chi connectivity index (χ1n) is 5.83. The second-order valence-electron chi connectivity index (χ2n) is 4.27. The Balaban J connectivity index is 1.92. The first-order chi connectivity index (χ1) is 7.33. The van der Waals surface area contributed by atoms with E-state index in [1.165, 1.54) is 31.4 Å². The lowest BCUT2D eigenvalue weighted by atomic mass is 10.2. The number of rotatable bonds is 3. The number of hydrogen-bond donors (Lipinski definition) is 1. The van der Waals surface area contributed by atoms with Crippen LogP contribution in [0.1, 0.15) is 32.6 Å². The number of thioether (sulfide) groups is 1. The van der Waals surface area contributed by atoms with E-state index in [1.807, 2.05) is 11.8 Å². The quantitative estimate of drug-likeness (QED) is 0.802. The van der Waals surface area contributed by atoms with Crippen LogP contribution >= 0.6 is 11.8 Å². The molecule has 86 valence electrons. The van der Waals surface area contributed by atoms with Crippen molar-refractivity contribution in [1.29, 1.82) is 0 Å². The zero-order valence-corrected chi connectivity index (χ0v) is 10.3. The Morgan fingerprint density at radius 1 is 1.53 bits per heavy atom. The maximum Gasteiger partial charge on any atom is 0.157 e. The maximum atomic E-state index is 5.44. The molecule has 3 atom stereocenters. The van der Waals surface area contributed by atoms with Gasteiger partial charge >= 0.3 is 0 Å². The van der Waals surface area contributed by atoms with Crippen LogP contribution in [0.25, 0.3) is 0 Å². The molecule has 1 saturated heterocycles. The lowest BCUT2D eigenvalue weighted by Crippen LogP contribution is -2.28. The summed E-state index contributed by atoms with van der Waals surface area (Å²) >= 11 is 1.86. The van der Waals surface area contributed by atoms with Crippen LogP contribution in [0.5, 0.6) is 0 Å². The summed E-state index contributed by atoms with van der Waals surface area (Å²) in [6, 6.07) is 1.01. The van der Waals surface area contributed by atoms with Gasteiger partial charge in [-0.25, -0.2) is 0 Å². The molecule has 3 nitrogen and oxygen atoms in total. The third-order valence-electron chi connectivity index (χ3n) is 3.25. The molecule has 2 aliphatic rings. The van der Waals surface area contributed by atoms with Gasteiger partial charge < -0.3 is 10.1 Å². The molecule has 0 aromatic heterocycles. The van der Waals surface area contributed by atoms with Gasteiger partial charge in [-0.05, 0) is 25.7 Å². The van der Waals surface area contributed by atoms with E-state index in [0.29, 0.717) is 18.2 Å². The fourth-order valence-electron chi connectivity index (χ4n) is 2.21. The highest BCUT2D eigenvalue weighted by molar-refractivity contribution is 8.14. The van der Waals surface area contributed by atoms with E-state index in [0.717, 1.165) is 5.17 Å². The molecule has 3 unspecified atom stereocenters. The van der Waals surface area contributed by atoms with Gasteiger partial charge in [0.25, 0.3) is 0 Å². The third kappa shape index (κ3) is 2.67. The molecule has 0 aromatic carbocycles. The minimum Gasteiger partial charge on any atom is -0.379 e. The number of amidine groups is 1. The van der Waals surface area contributed by atoms with Gasteiger partial charge in [0.1, 0.15) is 0 Å². The molecule has 0 amide bonds. The zero-order valence-electron chi connectivity index (χ0n) is 9.53. The number of nitrogens with one attached hydrogen (secondary N) is 1. The predicted octanol–water partition coefficient (Wildman–Crippen LogP) is 2.02. The monoisotopic (exact) mass is 228 g/mol. The van der Waals surface area contributed by atoms with Crippen molar-refractivity contribution < 1.29 is 4.74 Å². The Bertz CT molecular complexity index is 245. The Morgan fingerprint density at radius 2 is 2.40 bits per heavy atom. The average Bonchev–Trinajstić information content (AvgIpc) is 2.87. The van der Waals surface area contributed by atoms with Crippen LogP contribution in [0.3, 0.4) is 0 Å². The highest BCUT2D eigenvalue weighted by Gasteiger charge is 2.28. The number of nitrogens with zero attached hydrogens (tertiary/aromatic N) is 1. The number of ether oxygens (including phenoxy) is 1. The fraction of sp³-hybridized carbons (Fsp3) is 0.909. The molecule has 0 aromatic rings. The second-order valence-corrected chi connectivity index (χ2v) is 5.28. The van der Waals surface area contributed by atoms with Gasteiger partial charge in [0, 0.05) is 18.9 Å². The molecule has 2 fully saturated rings. The van der Waals surface area contributed by atoms with Crippen molar-refractivity contribution in [3.8, 4) is 0 Å². The molecule has 2 rings (SSSR count). The molecule has 15 heavy (non-hydrogen) atoms. The van der Waals surface area contributed by atoms with Crippen LogP contribution in [0.2, 0.25) is 0 Å². The van der Waals surface area contributed by atoms with E-state index in [2.05, 4.69) is 12.2 Å². The predicted molar refractivity (Wildman–Crippen MR) is 65.5 cm³/mol. The van der Waals surface area contributed by atoms with Gasteiger partial charge in [-0.3, -0.25) is 4.99 Å². The molecule has 0 radical (unpaired) electrons. The lowest BCUT2D eigenvalue weighted by Gasteiger charge is -2.14. The number of methoxy groups -OCH3 is 1. The largest absolute Gasteiger partial charge is 0.379 e. The maximum absolute atomic E-state index is 5.44. The summed E-state index contributed by atoms with van der Waals surface area (Å²) in [6.07, 6.45) is 5.13. The van der Waals surface area contributed by atoms with Gasteiger partial charge in [0.05, 0.1) is 12.1 Å². The van der Waals surface area contributed by atoms with Crippen molar-refractivity contribution in [3.05, 3.63) is 0 Å². The highest BCUT2D eigenvalue weighted by atomic mass is 32.2. The molecule has 1 N–H and O–H groups in total. The van der Waals surface area contributed by atoms with Gasteiger partial charge in [0.15, 0.2) is 5.17 Å². The summed E-state index contributed by atoms with van der Waals surface area (Å²) in [5.41, 5.74) is 0. The van der Waals surface area contributed by atoms with Crippen LogP contribution < -0.4 is 5.32 Å². The summed E-state index contributed by atoms with van der Waals surface area (Å²) in [7, 11) is 1.80. The van der Waals surface area contributed by atoms with Gasteiger partial charge in [-0.1, -0.05) is 18.7 Å². The summed E-state index contributed by atoms with van der Waals surface area (Å²) in [5.74, 6) is 1.17. The summed E-state index contributed by atoms with van der Waals surface area (Å²) in [6.45, 7) is 2.22. The fourth-order valence-corrected chi connectivity index (χ4v) is 3.35. The topological polar surface area (TPSA) is 33.6 Å². The van der Waals surface area contributed by atoms with Crippen molar-refractivity contribution in [2.24, 2.45) is 4.99 Å². The number of hydrogen-bond acceptors (Lipinski definition) is 3. The van der Waals surface area contributed by atoms with E-state index in [1.54, 1.807) is 7.11 Å². The lowest BCUT2D eigenvalue weighted by molar-refractivity contribution is 0.0966. The minimum atomic E-state index is 0.348. The van der Waals surface area contributed by atoms with Crippen LogP contribution in [-0.2, 0) is 4.74 Å². The molecule has 0 spiro atoms. The molecule has 1 aliphatic carbocycles. The van der Waals surface area contributed by atoms with Crippen molar-refractivity contribution >= 4 is 16.9 Å². The Hall–Kier alpha value is -0.220. The molecule has 4 heteroatoms. The molecular weight excluding hydrogens is 208 g/mol. The molecule has 1 heterocycles. The van der Waals surface area contributed by atoms with E-state index in [9.17, 15) is 0 Å². The van der Waals surface area contributed by atoms with Crippen LogP contribution in [-0.4, -0.2) is 36.2 Å². The third-order valence-corrected chi connectivity index (χ3v) is 4.31. The second kappa shape index (κ2) is 5.21. The van der Waals surface area contributed by atoms with Crippen molar-refractivity contribution in [2.45, 2.75) is 50.8 Å². The summed E-state index contributed by atoms with van der Waals surface area (Å²) in [5, 5.41) is 4.60. The Labute approximate surface area is 96.1 Å². The summed E-state index contributed by atoms with van der Waals surface area (Å²) < 4.78 is 5.44. The first-order valence-corrected chi connectivity index (χ1v) is 6.82. The zero-order chi connectivity index (χ0) is 10.7. The van der Waals surface area contributed by atoms with Crippen molar-refractivity contribution in [1.82, 2.24) is 5.32 Å². The highest BCUT2D eigenvalue weighted by Crippen LogP contribution is 2.26. The Kier molecular flexibility index (Phi) is 3.92. The van der Waals surface area contributed by atoms with Crippen LogP contribution in [0.4, 0.5) is 0 Å². The number of aliphatic imine (C=N–C) groups is 1. The van der Waals surface area contributed by atoms with Crippen LogP contribution in [0, 0.1) is 0 Å². The van der Waals surface area contributed by atoms with E-state index in [-0.39, 0.29) is 0 Å². The van der Waals surface area contributed by atoms with Crippen molar-refractivity contribution in [2.75, 3.05) is 12.9 Å². The van der Waals surface area contributed by atoms with Gasteiger partial charge in [0.2, 0.25) is 0 Å². The van der Waals surface area contributed by atoms with E-state index in [4.69, 9.17) is 9.73 Å². The summed E-state index contributed by atoms with van der Waals surface area (Å²) in [4.78, 5) is 4.77. The van der Waals surface area contributed by atoms with Gasteiger partial charge in [-0.15, -0.1) is 0 Å². The van der Waals surface area contributed by atoms with Gasteiger partial charge in [-0.2, -0.15) is 0 Å². The van der Waals surface area contributed by atoms with Crippen molar-refractivity contribution in [3.63, 3.8) is 0 Å². The van der Waals surface area contributed by atoms with E-state index < -0.39 is 0 Å². The Morgan fingerprint density at radius 3 is 3.07 bits per heavy atom. The molecule has 0 bridgehead atoms. The molecule has 1 saturated carbocycles. The smallest absolute Gasteiger partial charge is 0.157 e. The molecule has 1 aliphatic heterocycles.